The Kier molecular flexibility index (Phi) is 4.95. The highest BCUT2D eigenvalue weighted by Crippen LogP contribution is 2.29. The largest absolute Gasteiger partial charge is 0.480 e. The van der Waals surface area contributed by atoms with E-state index in [2.05, 4.69) is 10.3 Å². The number of carboxylic acid groups (broad SMARTS) is 1. The normalized spacial score (nSPS) is 16.0. The lowest BCUT2D eigenvalue weighted by Gasteiger charge is -2.25. The highest BCUT2D eigenvalue weighted by atomic mass is 32.1. The van der Waals surface area contributed by atoms with Crippen LogP contribution in [0.1, 0.15) is 37.3 Å². The van der Waals surface area contributed by atoms with Gasteiger partial charge in [0.2, 0.25) is 5.91 Å². The van der Waals surface area contributed by atoms with E-state index in [-0.39, 0.29) is 18.5 Å². The molecule has 1 amide bonds. The molecule has 0 spiro atoms. The third-order valence-corrected chi connectivity index (χ3v) is 4.60. The van der Waals surface area contributed by atoms with Crippen LogP contribution in [-0.4, -0.2) is 45.5 Å². The van der Waals surface area contributed by atoms with Crippen molar-refractivity contribution in [3.63, 3.8) is 0 Å². The second kappa shape index (κ2) is 6.53. The molecule has 1 aromatic rings. The lowest BCUT2D eigenvalue weighted by molar-refractivity contribution is -0.143. The zero-order valence-corrected chi connectivity index (χ0v) is 13.4. The number of nitrogens with zero attached hydrogens (tertiary/aromatic N) is 2. The Morgan fingerprint density at radius 1 is 1.52 bits per heavy atom. The molecule has 7 heteroatoms. The maximum Gasteiger partial charge on any atom is 0.320 e. The Morgan fingerprint density at radius 2 is 2.19 bits per heavy atom. The van der Waals surface area contributed by atoms with E-state index in [1.807, 2.05) is 13.8 Å². The van der Waals surface area contributed by atoms with Gasteiger partial charge >= 0.3 is 5.97 Å². The van der Waals surface area contributed by atoms with E-state index in [1.165, 1.54) is 11.3 Å². The standard InChI is InChI=1S/C14H21N3O3S/c1-4-11-9(3)21-14(15-11)16-12(18)7-17(10-5-6-10)8(2)13(19)20/h8,10H,4-7H2,1-3H3,(H,19,20)(H,15,16,18). The second-order valence-corrected chi connectivity index (χ2v) is 6.54. The van der Waals surface area contributed by atoms with E-state index >= 15 is 0 Å². The number of nitrogens with one attached hydrogen (secondary N) is 1. The number of aryl methyl sites for hydroxylation is 2. The molecule has 6 nitrogen and oxygen atoms in total. The molecule has 1 atom stereocenters. The van der Waals surface area contributed by atoms with Crippen molar-refractivity contribution in [2.75, 3.05) is 11.9 Å². The van der Waals surface area contributed by atoms with Crippen LogP contribution in [0.15, 0.2) is 0 Å². The van der Waals surface area contributed by atoms with Crippen molar-refractivity contribution in [2.24, 2.45) is 0 Å². The molecule has 2 N–H and O–H groups in total. The summed E-state index contributed by atoms with van der Waals surface area (Å²) in [5, 5.41) is 12.5. The number of thiazole rings is 1. The molecule has 1 aromatic heterocycles. The molecule has 1 heterocycles. The lowest BCUT2D eigenvalue weighted by atomic mass is 10.2. The highest BCUT2D eigenvalue weighted by Gasteiger charge is 2.36. The molecule has 0 bridgehead atoms. The summed E-state index contributed by atoms with van der Waals surface area (Å²) in [4.78, 5) is 30.4. The molecule has 0 aromatic carbocycles. The summed E-state index contributed by atoms with van der Waals surface area (Å²) in [6, 6.07) is -0.432. The fourth-order valence-electron chi connectivity index (χ4n) is 2.26. The fraction of sp³-hybridized carbons (Fsp3) is 0.643. The lowest BCUT2D eigenvalue weighted by Crippen LogP contribution is -2.44. The van der Waals surface area contributed by atoms with E-state index in [0.717, 1.165) is 29.8 Å². The Balaban J connectivity index is 1.97. The van der Waals surface area contributed by atoms with Gasteiger partial charge in [-0.05, 0) is 33.1 Å². The van der Waals surface area contributed by atoms with Crippen LogP contribution in [0.5, 0.6) is 0 Å². The van der Waals surface area contributed by atoms with Crippen molar-refractivity contribution >= 4 is 28.3 Å². The molecule has 1 aliphatic carbocycles. The first kappa shape index (κ1) is 15.9. The first-order chi connectivity index (χ1) is 9.92. The quantitative estimate of drug-likeness (QED) is 0.803. The van der Waals surface area contributed by atoms with Crippen LogP contribution in [0.4, 0.5) is 5.13 Å². The van der Waals surface area contributed by atoms with Gasteiger partial charge in [-0.2, -0.15) is 0 Å². The zero-order chi connectivity index (χ0) is 15.6. The van der Waals surface area contributed by atoms with Crippen LogP contribution < -0.4 is 5.32 Å². The number of aromatic nitrogens is 1. The average Bonchev–Trinajstić information content (AvgIpc) is 3.19. The zero-order valence-electron chi connectivity index (χ0n) is 12.5. The van der Waals surface area contributed by atoms with Crippen molar-refractivity contribution in [3.8, 4) is 0 Å². The number of hydrogen-bond acceptors (Lipinski definition) is 5. The van der Waals surface area contributed by atoms with Crippen LogP contribution in [-0.2, 0) is 16.0 Å². The minimum atomic E-state index is -0.895. The number of amides is 1. The fourth-order valence-corrected chi connectivity index (χ4v) is 3.18. The molecule has 0 aliphatic heterocycles. The summed E-state index contributed by atoms with van der Waals surface area (Å²) in [6.07, 6.45) is 2.75. The number of carboxylic acids is 1. The van der Waals surface area contributed by atoms with E-state index in [0.29, 0.717) is 5.13 Å². The van der Waals surface area contributed by atoms with Crippen LogP contribution in [0, 0.1) is 6.92 Å². The molecule has 0 radical (unpaired) electrons. The Hall–Kier alpha value is -1.47. The van der Waals surface area contributed by atoms with Crippen molar-refractivity contribution < 1.29 is 14.7 Å². The van der Waals surface area contributed by atoms with E-state index in [1.54, 1.807) is 11.8 Å². The molecule has 116 valence electrons. The maximum atomic E-state index is 12.1. The van der Waals surface area contributed by atoms with E-state index in [4.69, 9.17) is 5.11 Å². The van der Waals surface area contributed by atoms with Gasteiger partial charge in [0.1, 0.15) is 6.04 Å². The Labute approximate surface area is 128 Å². The number of hydrogen-bond donors (Lipinski definition) is 2. The summed E-state index contributed by atoms with van der Waals surface area (Å²) in [7, 11) is 0. The third kappa shape index (κ3) is 4.01. The molecule has 1 unspecified atom stereocenters. The van der Waals surface area contributed by atoms with Crippen molar-refractivity contribution in [1.82, 2.24) is 9.88 Å². The summed E-state index contributed by atoms with van der Waals surface area (Å²) in [5.41, 5.74) is 0.994. The van der Waals surface area contributed by atoms with E-state index < -0.39 is 12.0 Å². The van der Waals surface area contributed by atoms with Crippen LogP contribution in [0.2, 0.25) is 0 Å². The topological polar surface area (TPSA) is 82.5 Å². The molecule has 1 aliphatic rings. The van der Waals surface area contributed by atoms with Crippen LogP contribution in [0.25, 0.3) is 0 Å². The Morgan fingerprint density at radius 3 is 2.67 bits per heavy atom. The highest BCUT2D eigenvalue weighted by molar-refractivity contribution is 7.15. The first-order valence-corrected chi connectivity index (χ1v) is 7.98. The van der Waals surface area contributed by atoms with E-state index in [9.17, 15) is 9.59 Å². The smallest absolute Gasteiger partial charge is 0.320 e. The molecular weight excluding hydrogens is 290 g/mol. The van der Waals surface area contributed by atoms with Gasteiger partial charge in [-0.1, -0.05) is 6.92 Å². The third-order valence-electron chi connectivity index (χ3n) is 3.67. The van der Waals surface area contributed by atoms with Gasteiger partial charge in [-0.25, -0.2) is 4.98 Å². The predicted octanol–water partition coefficient (Wildman–Crippen LogP) is 1.89. The van der Waals surface area contributed by atoms with Gasteiger partial charge in [0.25, 0.3) is 0 Å². The van der Waals surface area contributed by atoms with Crippen molar-refractivity contribution in [2.45, 2.75) is 52.1 Å². The molecule has 0 saturated heterocycles. The summed E-state index contributed by atoms with van der Waals surface area (Å²) >= 11 is 1.46. The summed E-state index contributed by atoms with van der Waals surface area (Å²) < 4.78 is 0. The van der Waals surface area contributed by atoms with Crippen LogP contribution in [0.3, 0.4) is 0 Å². The average molecular weight is 311 g/mol. The molecule has 2 rings (SSSR count). The SMILES string of the molecule is CCc1nc(NC(=O)CN(C2CC2)C(C)C(=O)O)sc1C. The minimum Gasteiger partial charge on any atom is -0.480 e. The van der Waals surface area contributed by atoms with Gasteiger partial charge in [0.05, 0.1) is 12.2 Å². The first-order valence-electron chi connectivity index (χ1n) is 7.17. The minimum absolute atomic E-state index is 0.0955. The molecular formula is C14H21N3O3S. The maximum absolute atomic E-state index is 12.1. The molecule has 21 heavy (non-hydrogen) atoms. The van der Waals surface area contributed by atoms with Gasteiger partial charge in [-0.3, -0.25) is 14.5 Å². The van der Waals surface area contributed by atoms with Crippen molar-refractivity contribution in [1.29, 1.82) is 0 Å². The van der Waals surface area contributed by atoms with Gasteiger partial charge < -0.3 is 10.4 Å². The predicted molar refractivity (Wildman–Crippen MR) is 81.7 cm³/mol. The number of carbonyl (C=O) groups excluding carboxylic acids is 1. The monoisotopic (exact) mass is 311 g/mol. The van der Waals surface area contributed by atoms with Crippen LogP contribution >= 0.6 is 11.3 Å². The van der Waals surface area contributed by atoms with Gasteiger partial charge in [-0.15, -0.1) is 11.3 Å². The Bertz CT molecular complexity index is 540. The second-order valence-electron chi connectivity index (χ2n) is 5.34. The summed E-state index contributed by atoms with van der Waals surface area (Å²) in [5.74, 6) is -1.10. The number of carbonyl (C=O) groups is 2. The van der Waals surface area contributed by atoms with Gasteiger partial charge in [0, 0.05) is 10.9 Å². The number of anilines is 1. The summed E-state index contributed by atoms with van der Waals surface area (Å²) in [6.45, 7) is 5.72. The van der Waals surface area contributed by atoms with Gasteiger partial charge in [0.15, 0.2) is 5.13 Å². The van der Waals surface area contributed by atoms with Crippen molar-refractivity contribution in [3.05, 3.63) is 10.6 Å². The number of rotatable bonds is 7. The number of aliphatic carboxylic acids is 1. The molecule has 1 fully saturated rings. The molecule has 1 saturated carbocycles.